The van der Waals surface area contributed by atoms with Gasteiger partial charge >= 0.3 is 0 Å². The summed E-state index contributed by atoms with van der Waals surface area (Å²) in [6.45, 7) is 8.38. The minimum atomic E-state index is 0.206. The molecule has 1 aliphatic carbocycles. The van der Waals surface area contributed by atoms with Crippen molar-refractivity contribution in [2.24, 2.45) is 5.92 Å². The molecule has 98 valence electrons. The van der Waals surface area contributed by atoms with Crippen LogP contribution in [-0.2, 0) is 4.79 Å². The van der Waals surface area contributed by atoms with E-state index in [1.54, 1.807) is 0 Å². The van der Waals surface area contributed by atoms with Gasteiger partial charge in [-0.15, -0.1) is 0 Å². The predicted molar refractivity (Wildman–Crippen MR) is 74.4 cm³/mol. The molecule has 2 unspecified atom stereocenters. The summed E-state index contributed by atoms with van der Waals surface area (Å²) in [5, 5.41) is 0. The van der Waals surface area contributed by atoms with Crippen molar-refractivity contribution in [3.05, 3.63) is 35.9 Å². The molecular formula is C16H23NO. The number of carbonyl (C=O) groups is 1. The van der Waals surface area contributed by atoms with Gasteiger partial charge in [0.2, 0.25) is 5.91 Å². The van der Waals surface area contributed by atoms with Crippen LogP contribution in [0.5, 0.6) is 0 Å². The van der Waals surface area contributed by atoms with Gasteiger partial charge in [0.1, 0.15) is 0 Å². The van der Waals surface area contributed by atoms with Crippen molar-refractivity contribution in [1.29, 1.82) is 0 Å². The van der Waals surface area contributed by atoms with E-state index >= 15 is 0 Å². The maximum atomic E-state index is 12.5. The number of amides is 1. The zero-order valence-electron chi connectivity index (χ0n) is 11.8. The molecule has 0 radical (unpaired) electrons. The highest BCUT2D eigenvalue weighted by molar-refractivity contribution is 5.83. The molecule has 18 heavy (non-hydrogen) atoms. The van der Waals surface area contributed by atoms with Crippen LogP contribution in [0, 0.1) is 5.92 Å². The number of benzene rings is 1. The van der Waals surface area contributed by atoms with E-state index < -0.39 is 0 Å². The normalized spacial score (nSPS) is 22.3. The molecular weight excluding hydrogens is 222 g/mol. The summed E-state index contributed by atoms with van der Waals surface area (Å²) < 4.78 is 0. The van der Waals surface area contributed by atoms with Gasteiger partial charge in [-0.1, -0.05) is 30.3 Å². The van der Waals surface area contributed by atoms with Crippen molar-refractivity contribution < 1.29 is 4.79 Å². The van der Waals surface area contributed by atoms with Gasteiger partial charge in [0.15, 0.2) is 0 Å². The Kier molecular flexibility index (Phi) is 3.74. The second-order valence-electron chi connectivity index (χ2n) is 5.79. The molecule has 0 heterocycles. The van der Waals surface area contributed by atoms with Crippen LogP contribution in [0.1, 0.15) is 45.6 Å². The Morgan fingerprint density at radius 3 is 2.17 bits per heavy atom. The van der Waals surface area contributed by atoms with Crippen LogP contribution >= 0.6 is 0 Å². The molecule has 1 aliphatic rings. The second kappa shape index (κ2) is 5.13. The average Bonchev–Trinajstić information content (AvgIpc) is 3.09. The van der Waals surface area contributed by atoms with Crippen molar-refractivity contribution in [3.63, 3.8) is 0 Å². The van der Waals surface area contributed by atoms with Crippen LogP contribution in [0.4, 0.5) is 0 Å². The minimum Gasteiger partial charge on any atom is -0.338 e. The third-order valence-corrected chi connectivity index (χ3v) is 3.70. The Labute approximate surface area is 110 Å². The van der Waals surface area contributed by atoms with Crippen LogP contribution < -0.4 is 0 Å². The van der Waals surface area contributed by atoms with E-state index in [9.17, 15) is 4.79 Å². The number of hydrogen-bond donors (Lipinski definition) is 0. The van der Waals surface area contributed by atoms with Gasteiger partial charge in [0, 0.05) is 18.0 Å². The van der Waals surface area contributed by atoms with Crippen LogP contribution in [0.3, 0.4) is 0 Å². The number of rotatable bonds is 4. The molecule has 1 amide bonds. The van der Waals surface area contributed by atoms with Crippen LogP contribution in [0.15, 0.2) is 30.3 Å². The quantitative estimate of drug-likeness (QED) is 0.795. The predicted octanol–water partition coefficient (Wildman–Crippen LogP) is 3.44. The molecule has 1 aromatic carbocycles. The highest BCUT2D eigenvalue weighted by Gasteiger charge is 2.46. The van der Waals surface area contributed by atoms with E-state index in [0.717, 1.165) is 6.42 Å². The molecule has 2 heteroatoms. The maximum absolute atomic E-state index is 12.5. The molecule has 2 atom stereocenters. The number of nitrogens with zero attached hydrogens (tertiary/aromatic N) is 1. The lowest BCUT2D eigenvalue weighted by molar-refractivity contribution is -0.136. The monoisotopic (exact) mass is 245 g/mol. The smallest absolute Gasteiger partial charge is 0.226 e. The SMILES string of the molecule is CC(C)N(C(=O)C1CC1c1ccccc1)C(C)C. The first-order chi connectivity index (χ1) is 8.52. The summed E-state index contributed by atoms with van der Waals surface area (Å²) in [6.07, 6.45) is 1.01. The van der Waals surface area contributed by atoms with Gasteiger partial charge in [-0.25, -0.2) is 0 Å². The third kappa shape index (κ3) is 2.58. The number of hydrogen-bond acceptors (Lipinski definition) is 1. The Balaban J connectivity index is 2.05. The van der Waals surface area contributed by atoms with E-state index in [0.29, 0.717) is 11.8 Å². The second-order valence-corrected chi connectivity index (χ2v) is 5.79. The maximum Gasteiger partial charge on any atom is 0.226 e. The van der Waals surface area contributed by atoms with Gasteiger partial charge in [0.25, 0.3) is 0 Å². The minimum absolute atomic E-state index is 0.206. The van der Waals surface area contributed by atoms with Crippen molar-refractivity contribution >= 4 is 5.91 Å². The van der Waals surface area contributed by atoms with Crippen LogP contribution in [-0.4, -0.2) is 22.9 Å². The molecule has 0 bridgehead atoms. The summed E-state index contributed by atoms with van der Waals surface area (Å²) in [6, 6.07) is 11.0. The third-order valence-electron chi connectivity index (χ3n) is 3.70. The molecule has 0 aromatic heterocycles. The van der Waals surface area contributed by atoms with E-state index in [4.69, 9.17) is 0 Å². The van der Waals surface area contributed by atoms with Crippen LogP contribution in [0.25, 0.3) is 0 Å². The first-order valence-electron chi connectivity index (χ1n) is 6.89. The largest absolute Gasteiger partial charge is 0.338 e. The summed E-state index contributed by atoms with van der Waals surface area (Å²) in [7, 11) is 0. The standard InChI is InChI=1S/C16H23NO/c1-11(2)17(12(3)4)16(18)15-10-14(15)13-8-6-5-7-9-13/h5-9,11-12,14-15H,10H2,1-4H3. The van der Waals surface area contributed by atoms with Gasteiger partial charge in [-0.05, 0) is 45.6 Å². The fraction of sp³-hybridized carbons (Fsp3) is 0.562. The van der Waals surface area contributed by atoms with E-state index in [-0.39, 0.29) is 18.0 Å². The molecule has 2 nitrogen and oxygen atoms in total. The Morgan fingerprint density at radius 2 is 1.67 bits per heavy atom. The Bertz CT molecular complexity index is 402. The molecule has 1 saturated carbocycles. The van der Waals surface area contributed by atoms with Crippen molar-refractivity contribution in [3.8, 4) is 0 Å². The van der Waals surface area contributed by atoms with E-state index in [2.05, 4.69) is 52.0 Å². The summed E-state index contributed by atoms with van der Waals surface area (Å²) in [5.74, 6) is 0.977. The zero-order valence-corrected chi connectivity index (χ0v) is 11.8. The topological polar surface area (TPSA) is 20.3 Å². The lowest BCUT2D eigenvalue weighted by Crippen LogP contribution is -2.43. The fourth-order valence-corrected chi connectivity index (χ4v) is 2.83. The van der Waals surface area contributed by atoms with Crippen molar-refractivity contribution in [1.82, 2.24) is 4.90 Å². The highest BCUT2D eigenvalue weighted by Crippen LogP contribution is 2.48. The first kappa shape index (κ1) is 13.1. The number of carbonyl (C=O) groups excluding carboxylic acids is 1. The molecule has 2 rings (SSSR count). The molecule has 0 saturated heterocycles. The van der Waals surface area contributed by atoms with Gasteiger partial charge in [-0.3, -0.25) is 4.79 Å². The summed E-state index contributed by atoms with van der Waals surface area (Å²) >= 11 is 0. The van der Waals surface area contributed by atoms with Crippen LogP contribution in [0.2, 0.25) is 0 Å². The van der Waals surface area contributed by atoms with Crippen molar-refractivity contribution in [2.75, 3.05) is 0 Å². The first-order valence-corrected chi connectivity index (χ1v) is 6.89. The molecule has 0 spiro atoms. The lowest BCUT2D eigenvalue weighted by atomic mass is 10.1. The van der Waals surface area contributed by atoms with E-state index in [1.807, 2.05) is 11.0 Å². The summed E-state index contributed by atoms with van der Waals surface area (Å²) in [5.41, 5.74) is 1.31. The Morgan fingerprint density at radius 1 is 1.11 bits per heavy atom. The van der Waals surface area contributed by atoms with Gasteiger partial charge in [0.05, 0.1) is 0 Å². The zero-order chi connectivity index (χ0) is 13.3. The van der Waals surface area contributed by atoms with E-state index in [1.165, 1.54) is 5.56 Å². The lowest BCUT2D eigenvalue weighted by Gasteiger charge is -2.31. The average molecular weight is 245 g/mol. The van der Waals surface area contributed by atoms with Gasteiger partial charge in [-0.2, -0.15) is 0 Å². The molecule has 0 aliphatic heterocycles. The molecule has 1 aromatic rings. The highest BCUT2D eigenvalue weighted by atomic mass is 16.2. The Hall–Kier alpha value is -1.31. The summed E-state index contributed by atoms with van der Waals surface area (Å²) in [4.78, 5) is 14.5. The van der Waals surface area contributed by atoms with Crippen molar-refractivity contribution in [2.45, 2.75) is 52.1 Å². The van der Waals surface area contributed by atoms with Gasteiger partial charge < -0.3 is 4.90 Å². The molecule has 0 N–H and O–H groups in total. The fourth-order valence-electron chi connectivity index (χ4n) is 2.83. The molecule has 1 fully saturated rings.